The minimum Gasteiger partial charge on any atom is -0.459 e. The van der Waals surface area contributed by atoms with E-state index in [9.17, 15) is 0 Å². The van der Waals surface area contributed by atoms with Crippen LogP contribution < -0.4 is 5.73 Å². The maximum absolute atomic E-state index is 6.33. The Morgan fingerprint density at radius 1 is 1.32 bits per heavy atom. The van der Waals surface area contributed by atoms with Gasteiger partial charge in [0, 0.05) is 5.39 Å². The van der Waals surface area contributed by atoms with Crippen LogP contribution in [0.15, 0.2) is 28.7 Å². The van der Waals surface area contributed by atoms with Crippen LogP contribution in [0.3, 0.4) is 0 Å². The predicted molar refractivity (Wildman–Crippen MR) is 82.5 cm³/mol. The molecule has 3 rings (SSSR count). The molecule has 1 aliphatic rings. The Hall–Kier alpha value is -0.930. The third-order valence-electron chi connectivity index (χ3n) is 3.98. The lowest BCUT2D eigenvalue weighted by Crippen LogP contribution is -2.18. The monoisotopic (exact) mass is 275 g/mol. The summed E-state index contributed by atoms with van der Waals surface area (Å²) in [6, 6.07) is 8.44. The van der Waals surface area contributed by atoms with Crippen molar-refractivity contribution >= 4 is 22.7 Å². The fraction of sp³-hybridized carbons (Fsp3) is 0.500. The van der Waals surface area contributed by atoms with Gasteiger partial charge in [-0.05, 0) is 61.8 Å². The Labute approximate surface area is 118 Å². The highest BCUT2D eigenvalue weighted by Crippen LogP contribution is 2.32. The minimum absolute atomic E-state index is 0.0424. The zero-order valence-electron chi connectivity index (χ0n) is 11.4. The Kier molecular flexibility index (Phi) is 3.85. The molecule has 2 nitrogen and oxygen atoms in total. The van der Waals surface area contributed by atoms with E-state index in [1.54, 1.807) is 0 Å². The van der Waals surface area contributed by atoms with Crippen molar-refractivity contribution in [3.8, 4) is 0 Å². The van der Waals surface area contributed by atoms with Gasteiger partial charge in [-0.3, -0.25) is 0 Å². The van der Waals surface area contributed by atoms with Gasteiger partial charge in [-0.1, -0.05) is 11.6 Å². The predicted octanol–water partition coefficient (Wildman–Crippen LogP) is 4.27. The first-order valence-electron chi connectivity index (χ1n) is 7.06. The van der Waals surface area contributed by atoms with Crippen LogP contribution >= 0.6 is 11.8 Å². The van der Waals surface area contributed by atoms with Gasteiger partial charge in [0.1, 0.15) is 11.3 Å². The van der Waals surface area contributed by atoms with Gasteiger partial charge < -0.3 is 10.2 Å². The van der Waals surface area contributed by atoms with Crippen molar-refractivity contribution in [1.82, 2.24) is 0 Å². The first kappa shape index (κ1) is 13.1. The maximum atomic E-state index is 6.33. The first-order valence-corrected chi connectivity index (χ1v) is 8.21. The summed E-state index contributed by atoms with van der Waals surface area (Å²) in [5.41, 5.74) is 8.54. The SMILES string of the molecule is Cc1ccc2oc(C(N)CC3CCSCC3)cc2c1. The Balaban J connectivity index is 1.75. The maximum Gasteiger partial charge on any atom is 0.134 e. The lowest BCUT2D eigenvalue weighted by Gasteiger charge is -2.23. The Bertz CT molecular complexity index is 557. The molecule has 2 aromatic rings. The fourth-order valence-electron chi connectivity index (χ4n) is 2.82. The van der Waals surface area contributed by atoms with Crippen LogP contribution in [0, 0.1) is 12.8 Å². The summed E-state index contributed by atoms with van der Waals surface area (Å²) < 4.78 is 5.90. The molecule has 1 aliphatic heterocycles. The van der Waals surface area contributed by atoms with Crippen LogP contribution in [0.4, 0.5) is 0 Å². The van der Waals surface area contributed by atoms with Crippen LogP contribution in [-0.4, -0.2) is 11.5 Å². The second kappa shape index (κ2) is 5.59. The molecule has 3 heteroatoms. The van der Waals surface area contributed by atoms with E-state index in [1.807, 2.05) is 6.07 Å². The molecule has 0 aliphatic carbocycles. The highest BCUT2D eigenvalue weighted by atomic mass is 32.2. The quantitative estimate of drug-likeness (QED) is 0.909. The van der Waals surface area contributed by atoms with Gasteiger partial charge in [0.15, 0.2) is 0 Å². The van der Waals surface area contributed by atoms with Crippen molar-refractivity contribution in [2.75, 3.05) is 11.5 Å². The summed E-state index contributed by atoms with van der Waals surface area (Å²) in [5, 5.41) is 1.17. The average Bonchev–Trinajstić information content (AvgIpc) is 2.83. The third kappa shape index (κ3) is 2.98. The smallest absolute Gasteiger partial charge is 0.134 e. The second-order valence-electron chi connectivity index (χ2n) is 5.59. The molecule has 1 fully saturated rings. The van der Waals surface area contributed by atoms with E-state index in [0.29, 0.717) is 0 Å². The van der Waals surface area contributed by atoms with E-state index in [2.05, 4.69) is 36.9 Å². The molecular formula is C16H21NOS. The summed E-state index contributed by atoms with van der Waals surface area (Å²) in [5.74, 6) is 4.29. The Morgan fingerprint density at radius 2 is 2.11 bits per heavy atom. The standard InChI is InChI=1S/C16H21NOS/c1-11-2-3-15-13(8-11)10-16(18-15)14(17)9-12-4-6-19-7-5-12/h2-3,8,10,12,14H,4-7,9,17H2,1H3. The summed E-state index contributed by atoms with van der Waals surface area (Å²) in [4.78, 5) is 0. The molecule has 1 aromatic carbocycles. The van der Waals surface area contributed by atoms with Crippen molar-refractivity contribution in [3.63, 3.8) is 0 Å². The van der Waals surface area contributed by atoms with Crippen LogP contribution in [0.2, 0.25) is 0 Å². The van der Waals surface area contributed by atoms with Gasteiger partial charge in [-0.25, -0.2) is 0 Å². The number of furan rings is 1. The van der Waals surface area contributed by atoms with Crippen LogP contribution in [0.5, 0.6) is 0 Å². The average molecular weight is 275 g/mol. The lowest BCUT2D eigenvalue weighted by molar-refractivity contribution is 0.378. The molecule has 19 heavy (non-hydrogen) atoms. The third-order valence-corrected chi connectivity index (χ3v) is 5.03. The number of hydrogen-bond donors (Lipinski definition) is 1. The van der Waals surface area contributed by atoms with Gasteiger partial charge >= 0.3 is 0 Å². The molecule has 1 saturated heterocycles. The molecule has 0 spiro atoms. The molecule has 0 bridgehead atoms. The summed E-state index contributed by atoms with van der Waals surface area (Å²) in [6.07, 6.45) is 3.66. The fourth-order valence-corrected chi connectivity index (χ4v) is 4.03. The molecule has 0 saturated carbocycles. The number of nitrogens with two attached hydrogens (primary N) is 1. The second-order valence-corrected chi connectivity index (χ2v) is 6.81. The number of thioether (sulfide) groups is 1. The lowest BCUT2D eigenvalue weighted by atomic mass is 9.93. The number of fused-ring (bicyclic) bond motifs is 1. The van der Waals surface area contributed by atoms with E-state index in [1.165, 1.54) is 35.3 Å². The van der Waals surface area contributed by atoms with Gasteiger partial charge in [0.25, 0.3) is 0 Å². The van der Waals surface area contributed by atoms with Gasteiger partial charge in [-0.15, -0.1) is 0 Å². The first-order chi connectivity index (χ1) is 9.22. The molecular weight excluding hydrogens is 254 g/mol. The van der Waals surface area contributed by atoms with Crippen molar-refractivity contribution in [3.05, 3.63) is 35.6 Å². The van der Waals surface area contributed by atoms with Crippen LogP contribution in [-0.2, 0) is 0 Å². The molecule has 0 amide bonds. The van der Waals surface area contributed by atoms with Gasteiger partial charge in [0.2, 0.25) is 0 Å². The highest BCUT2D eigenvalue weighted by molar-refractivity contribution is 7.99. The number of aryl methyl sites for hydroxylation is 1. The number of benzene rings is 1. The van der Waals surface area contributed by atoms with Gasteiger partial charge in [-0.2, -0.15) is 11.8 Å². The molecule has 2 heterocycles. The summed E-state index contributed by atoms with van der Waals surface area (Å²) in [6.45, 7) is 2.10. The number of rotatable bonds is 3. The molecule has 1 atom stereocenters. The van der Waals surface area contributed by atoms with Crippen molar-refractivity contribution in [2.45, 2.75) is 32.2 Å². The van der Waals surface area contributed by atoms with E-state index in [-0.39, 0.29) is 6.04 Å². The zero-order chi connectivity index (χ0) is 13.2. The topological polar surface area (TPSA) is 39.2 Å². The van der Waals surface area contributed by atoms with E-state index >= 15 is 0 Å². The van der Waals surface area contributed by atoms with E-state index in [0.717, 1.165) is 23.7 Å². The molecule has 1 unspecified atom stereocenters. The largest absolute Gasteiger partial charge is 0.459 e. The van der Waals surface area contributed by atoms with Crippen molar-refractivity contribution in [2.24, 2.45) is 11.7 Å². The highest BCUT2D eigenvalue weighted by Gasteiger charge is 2.20. The zero-order valence-corrected chi connectivity index (χ0v) is 12.2. The van der Waals surface area contributed by atoms with Gasteiger partial charge in [0.05, 0.1) is 6.04 Å². The number of hydrogen-bond acceptors (Lipinski definition) is 3. The molecule has 0 radical (unpaired) electrons. The minimum atomic E-state index is 0.0424. The van der Waals surface area contributed by atoms with Crippen molar-refractivity contribution in [1.29, 1.82) is 0 Å². The van der Waals surface area contributed by atoms with Crippen molar-refractivity contribution < 1.29 is 4.42 Å². The van der Waals surface area contributed by atoms with Crippen LogP contribution in [0.25, 0.3) is 11.0 Å². The molecule has 2 N–H and O–H groups in total. The van der Waals surface area contributed by atoms with E-state index < -0.39 is 0 Å². The Morgan fingerprint density at radius 3 is 2.89 bits per heavy atom. The van der Waals surface area contributed by atoms with E-state index in [4.69, 9.17) is 10.2 Å². The van der Waals surface area contributed by atoms with Crippen LogP contribution in [0.1, 0.15) is 36.6 Å². The summed E-state index contributed by atoms with van der Waals surface area (Å²) >= 11 is 2.06. The molecule has 1 aromatic heterocycles. The summed E-state index contributed by atoms with van der Waals surface area (Å²) in [7, 11) is 0. The molecule has 102 valence electrons. The normalized spacial score (nSPS) is 18.8.